The Labute approximate surface area is 129 Å². The lowest BCUT2D eigenvalue weighted by Gasteiger charge is -2.12. The highest BCUT2D eigenvalue weighted by Gasteiger charge is 2.07. The van der Waals surface area contributed by atoms with Gasteiger partial charge in [-0.15, -0.1) is 0 Å². The molecule has 4 nitrogen and oxygen atoms in total. The number of carbonyl (C=O) groups excluding carboxylic acids is 1. The summed E-state index contributed by atoms with van der Waals surface area (Å²) in [5.74, 6) is 0.573. The van der Waals surface area contributed by atoms with Crippen LogP contribution in [0, 0.1) is 0 Å². The molecule has 0 saturated heterocycles. The number of amides is 1. The van der Waals surface area contributed by atoms with E-state index in [1.807, 2.05) is 32.0 Å². The van der Waals surface area contributed by atoms with Gasteiger partial charge in [0.2, 0.25) is 0 Å². The van der Waals surface area contributed by atoms with Crippen molar-refractivity contribution in [2.45, 2.75) is 39.8 Å². The molecule has 0 aliphatic carbocycles. The number of nitrogens with one attached hydrogen (secondary N) is 2. The van der Waals surface area contributed by atoms with Crippen LogP contribution in [0.15, 0.2) is 22.7 Å². The zero-order valence-electron chi connectivity index (χ0n) is 12.3. The largest absolute Gasteiger partial charge is 0.483 e. The maximum atomic E-state index is 11.5. The van der Waals surface area contributed by atoms with Gasteiger partial charge in [0.05, 0.1) is 4.47 Å². The van der Waals surface area contributed by atoms with Crippen molar-refractivity contribution in [1.82, 2.24) is 10.6 Å². The molecule has 0 aliphatic rings. The highest BCUT2D eigenvalue weighted by molar-refractivity contribution is 9.10. The second kappa shape index (κ2) is 8.97. The van der Waals surface area contributed by atoms with Gasteiger partial charge in [-0.05, 0) is 60.4 Å². The van der Waals surface area contributed by atoms with E-state index in [9.17, 15) is 4.79 Å². The number of hydrogen-bond acceptors (Lipinski definition) is 3. The SMILES string of the molecule is CCCNCc1ccc(OCC(=O)NC(C)C)c(Br)c1. The first-order valence-electron chi connectivity index (χ1n) is 6.94. The van der Waals surface area contributed by atoms with Crippen molar-refractivity contribution in [2.75, 3.05) is 13.2 Å². The maximum absolute atomic E-state index is 11.5. The molecule has 5 heteroatoms. The summed E-state index contributed by atoms with van der Waals surface area (Å²) < 4.78 is 6.37. The summed E-state index contributed by atoms with van der Waals surface area (Å²) in [6.07, 6.45) is 1.12. The van der Waals surface area contributed by atoms with Crippen LogP contribution in [0.25, 0.3) is 0 Å². The highest BCUT2D eigenvalue weighted by atomic mass is 79.9. The van der Waals surface area contributed by atoms with Gasteiger partial charge in [0.25, 0.3) is 5.91 Å². The van der Waals surface area contributed by atoms with E-state index in [0.29, 0.717) is 5.75 Å². The molecule has 1 aromatic rings. The summed E-state index contributed by atoms with van der Waals surface area (Å²) in [5.41, 5.74) is 1.18. The first kappa shape index (κ1) is 17.0. The van der Waals surface area contributed by atoms with Crippen molar-refractivity contribution < 1.29 is 9.53 Å². The van der Waals surface area contributed by atoms with Gasteiger partial charge in [0.1, 0.15) is 5.75 Å². The van der Waals surface area contributed by atoms with Crippen LogP contribution in [0.4, 0.5) is 0 Å². The fraction of sp³-hybridized carbons (Fsp3) is 0.533. The minimum atomic E-state index is -0.111. The Morgan fingerprint density at radius 3 is 2.75 bits per heavy atom. The first-order valence-corrected chi connectivity index (χ1v) is 7.73. The van der Waals surface area contributed by atoms with Crippen LogP contribution in [-0.4, -0.2) is 25.1 Å². The van der Waals surface area contributed by atoms with Crippen molar-refractivity contribution in [1.29, 1.82) is 0 Å². The Kier molecular flexibility index (Phi) is 7.62. The summed E-state index contributed by atoms with van der Waals surface area (Å²) >= 11 is 3.47. The van der Waals surface area contributed by atoms with E-state index >= 15 is 0 Å². The van der Waals surface area contributed by atoms with Crippen molar-refractivity contribution in [3.8, 4) is 5.75 Å². The van der Waals surface area contributed by atoms with Crippen LogP contribution >= 0.6 is 15.9 Å². The molecule has 1 aromatic carbocycles. The van der Waals surface area contributed by atoms with Gasteiger partial charge in [-0.25, -0.2) is 0 Å². The van der Waals surface area contributed by atoms with Gasteiger partial charge in [-0.3, -0.25) is 4.79 Å². The summed E-state index contributed by atoms with van der Waals surface area (Å²) in [5, 5.41) is 6.13. The Morgan fingerprint density at radius 2 is 2.15 bits per heavy atom. The van der Waals surface area contributed by atoms with Crippen molar-refractivity contribution in [2.24, 2.45) is 0 Å². The van der Waals surface area contributed by atoms with Crippen LogP contribution in [-0.2, 0) is 11.3 Å². The van der Waals surface area contributed by atoms with E-state index in [4.69, 9.17) is 4.74 Å². The van der Waals surface area contributed by atoms with E-state index in [1.54, 1.807) is 0 Å². The third-order valence-electron chi connectivity index (χ3n) is 2.56. The summed E-state index contributed by atoms with van der Waals surface area (Å²) in [4.78, 5) is 11.5. The minimum absolute atomic E-state index is 0.0320. The van der Waals surface area contributed by atoms with Crippen molar-refractivity contribution in [3.63, 3.8) is 0 Å². The van der Waals surface area contributed by atoms with Gasteiger partial charge in [0, 0.05) is 12.6 Å². The second-order valence-electron chi connectivity index (χ2n) is 4.95. The highest BCUT2D eigenvalue weighted by Crippen LogP contribution is 2.25. The molecule has 0 atom stereocenters. The van der Waals surface area contributed by atoms with Crippen LogP contribution in [0.1, 0.15) is 32.8 Å². The van der Waals surface area contributed by atoms with Gasteiger partial charge in [-0.1, -0.05) is 13.0 Å². The monoisotopic (exact) mass is 342 g/mol. The number of ether oxygens (including phenoxy) is 1. The lowest BCUT2D eigenvalue weighted by atomic mass is 10.2. The third-order valence-corrected chi connectivity index (χ3v) is 3.18. The van der Waals surface area contributed by atoms with E-state index in [2.05, 4.69) is 33.5 Å². The van der Waals surface area contributed by atoms with Crippen LogP contribution in [0.2, 0.25) is 0 Å². The average molecular weight is 343 g/mol. The summed E-state index contributed by atoms with van der Waals surface area (Å²) in [7, 11) is 0. The zero-order valence-corrected chi connectivity index (χ0v) is 13.9. The van der Waals surface area contributed by atoms with Crippen LogP contribution in [0.5, 0.6) is 5.75 Å². The third kappa shape index (κ3) is 6.39. The molecule has 0 spiro atoms. The Balaban J connectivity index is 2.49. The first-order chi connectivity index (χ1) is 9.52. The van der Waals surface area contributed by atoms with Crippen LogP contribution < -0.4 is 15.4 Å². The predicted molar refractivity (Wildman–Crippen MR) is 84.9 cm³/mol. The number of halogens is 1. The molecule has 0 heterocycles. The average Bonchev–Trinajstić information content (AvgIpc) is 2.37. The summed E-state index contributed by atoms with van der Waals surface area (Å²) in [6, 6.07) is 6.03. The molecule has 0 bridgehead atoms. The lowest BCUT2D eigenvalue weighted by molar-refractivity contribution is -0.123. The lowest BCUT2D eigenvalue weighted by Crippen LogP contribution is -2.34. The molecule has 0 aromatic heterocycles. The molecular weight excluding hydrogens is 320 g/mol. The van der Waals surface area contributed by atoms with E-state index in [-0.39, 0.29) is 18.6 Å². The van der Waals surface area contributed by atoms with E-state index in [1.165, 1.54) is 5.56 Å². The standard InChI is InChI=1S/C15H23BrN2O2/c1-4-7-17-9-12-5-6-14(13(16)8-12)20-10-15(19)18-11(2)3/h5-6,8,11,17H,4,7,9-10H2,1-3H3,(H,18,19). The fourth-order valence-corrected chi connectivity index (χ4v) is 2.23. The molecule has 0 aliphatic heterocycles. The molecular formula is C15H23BrN2O2. The number of benzene rings is 1. The summed E-state index contributed by atoms with van der Waals surface area (Å²) in [6.45, 7) is 7.86. The molecule has 20 heavy (non-hydrogen) atoms. The topological polar surface area (TPSA) is 50.4 Å². The molecule has 0 fully saturated rings. The normalized spacial score (nSPS) is 10.7. The molecule has 0 unspecified atom stereocenters. The molecule has 2 N–H and O–H groups in total. The van der Waals surface area contributed by atoms with Gasteiger partial charge in [0.15, 0.2) is 6.61 Å². The molecule has 0 radical (unpaired) electrons. The maximum Gasteiger partial charge on any atom is 0.258 e. The predicted octanol–water partition coefficient (Wildman–Crippen LogP) is 2.85. The van der Waals surface area contributed by atoms with E-state index in [0.717, 1.165) is 24.0 Å². The zero-order chi connectivity index (χ0) is 15.0. The molecule has 1 amide bonds. The number of carbonyl (C=O) groups is 1. The number of hydrogen-bond donors (Lipinski definition) is 2. The Morgan fingerprint density at radius 1 is 1.40 bits per heavy atom. The Hall–Kier alpha value is -1.07. The van der Waals surface area contributed by atoms with Crippen molar-refractivity contribution in [3.05, 3.63) is 28.2 Å². The van der Waals surface area contributed by atoms with E-state index < -0.39 is 0 Å². The van der Waals surface area contributed by atoms with Gasteiger partial charge in [-0.2, -0.15) is 0 Å². The van der Waals surface area contributed by atoms with Crippen LogP contribution in [0.3, 0.4) is 0 Å². The minimum Gasteiger partial charge on any atom is -0.483 e. The van der Waals surface area contributed by atoms with Crippen molar-refractivity contribution >= 4 is 21.8 Å². The number of rotatable bonds is 8. The quantitative estimate of drug-likeness (QED) is 0.714. The molecule has 1 rings (SSSR count). The molecule has 0 saturated carbocycles. The second-order valence-corrected chi connectivity index (χ2v) is 5.81. The van der Waals surface area contributed by atoms with Gasteiger partial charge >= 0.3 is 0 Å². The fourth-order valence-electron chi connectivity index (χ4n) is 1.69. The Bertz CT molecular complexity index is 436. The molecule has 112 valence electrons. The smallest absolute Gasteiger partial charge is 0.258 e. The van der Waals surface area contributed by atoms with Gasteiger partial charge < -0.3 is 15.4 Å².